The van der Waals surface area contributed by atoms with E-state index in [1.54, 1.807) is 21.1 Å². The van der Waals surface area contributed by atoms with Crippen molar-refractivity contribution in [2.75, 3.05) is 41.0 Å². The number of carboxylic acids is 1. The minimum absolute atomic E-state index is 0.0181. The summed E-state index contributed by atoms with van der Waals surface area (Å²) in [7, 11) is 5.38. The van der Waals surface area contributed by atoms with Crippen LogP contribution in [0, 0.1) is 0 Å². The number of esters is 2. The van der Waals surface area contributed by atoms with E-state index in [0.717, 1.165) is 57.8 Å². The number of carboxylic acid groups (broad SMARTS) is 1. The van der Waals surface area contributed by atoms with Crippen LogP contribution in [0.3, 0.4) is 0 Å². The largest absolute Gasteiger partial charge is 0.544 e. The smallest absolute Gasteiger partial charge is 0.306 e. The first-order valence-corrected chi connectivity index (χ1v) is 23.0. The molecule has 0 heterocycles. The van der Waals surface area contributed by atoms with Gasteiger partial charge in [-0.05, 0) is 77.0 Å². The van der Waals surface area contributed by atoms with Crippen LogP contribution in [-0.2, 0) is 28.6 Å². The molecule has 0 rings (SSSR count). The highest BCUT2D eigenvalue weighted by Crippen LogP contribution is 2.13. The van der Waals surface area contributed by atoms with Crippen LogP contribution in [0.2, 0.25) is 0 Å². The first kappa shape index (κ1) is 54.8. The molecule has 0 spiro atoms. The summed E-state index contributed by atoms with van der Waals surface area (Å²) >= 11 is 0. The van der Waals surface area contributed by atoms with Gasteiger partial charge in [0.15, 0.2) is 6.10 Å². The maximum atomic E-state index is 12.7. The molecule has 0 radical (unpaired) electrons. The molecule has 58 heavy (non-hydrogen) atoms. The summed E-state index contributed by atoms with van der Waals surface area (Å²) in [6.07, 6.45) is 50.7. The third-order valence-electron chi connectivity index (χ3n) is 9.83. The van der Waals surface area contributed by atoms with Gasteiger partial charge in [-0.1, -0.05) is 151 Å². The van der Waals surface area contributed by atoms with Crippen molar-refractivity contribution in [1.29, 1.82) is 0 Å². The molecular weight excluding hydrogens is 727 g/mol. The number of unbranched alkanes of at least 4 members (excludes halogenated alkanes) is 14. The van der Waals surface area contributed by atoms with Crippen LogP contribution < -0.4 is 5.11 Å². The highest BCUT2D eigenvalue weighted by atomic mass is 16.6. The number of rotatable bonds is 40. The number of hydrogen-bond acceptors (Lipinski definition) is 7. The summed E-state index contributed by atoms with van der Waals surface area (Å²) < 4.78 is 17.1. The summed E-state index contributed by atoms with van der Waals surface area (Å²) in [5.41, 5.74) is 0. The summed E-state index contributed by atoms with van der Waals surface area (Å²) in [4.78, 5) is 36.9. The summed E-state index contributed by atoms with van der Waals surface area (Å²) in [5.74, 6) is -1.82. The van der Waals surface area contributed by atoms with E-state index in [1.807, 2.05) is 0 Å². The predicted molar refractivity (Wildman–Crippen MR) is 240 cm³/mol. The first-order chi connectivity index (χ1) is 28.1. The molecule has 0 aromatic carbocycles. The van der Waals surface area contributed by atoms with Crippen LogP contribution in [0.25, 0.3) is 0 Å². The molecular formula is C50H85NO7. The van der Waals surface area contributed by atoms with Gasteiger partial charge in [0.1, 0.15) is 12.6 Å². The minimum Gasteiger partial charge on any atom is -0.544 e. The molecule has 8 nitrogen and oxygen atoms in total. The monoisotopic (exact) mass is 812 g/mol. The molecule has 0 aromatic rings. The molecule has 0 aliphatic heterocycles. The van der Waals surface area contributed by atoms with Crippen molar-refractivity contribution in [1.82, 2.24) is 0 Å². The zero-order valence-electron chi connectivity index (χ0n) is 37.7. The number of quaternary nitrogens is 1. The van der Waals surface area contributed by atoms with Crippen molar-refractivity contribution in [3.63, 3.8) is 0 Å². The fraction of sp³-hybridized carbons (Fsp3) is 0.700. The van der Waals surface area contributed by atoms with Crippen molar-refractivity contribution < 1.29 is 38.2 Å². The van der Waals surface area contributed by atoms with Gasteiger partial charge in [-0.3, -0.25) is 9.59 Å². The van der Waals surface area contributed by atoms with Crippen molar-refractivity contribution in [3.05, 3.63) is 72.9 Å². The van der Waals surface area contributed by atoms with Crippen LogP contribution in [0.5, 0.6) is 0 Å². The second-order valence-electron chi connectivity index (χ2n) is 16.3. The standard InChI is InChI=1S/C50H85NO7/c1-6-8-10-12-14-16-18-20-22-24-26-28-30-32-34-36-38-40-48(52)57-45-46(44-56-43-42-47(50(54)55)51(3,4)5)58-49(53)41-39-37-35-33-31-29-27-25-23-21-19-17-15-13-11-9-7-2/h8,10,14,16,20-23,26,28,32,34,46-47H,6-7,9,11-13,15,17-19,24-25,27,29-31,33,35-45H2,1-5H3/b10-8+,16-14+,22-20+,23-21+,28-26+,34-32+. The second kappa shape index (κ2) is 40.5. The van der Waals surface area contributed by atoms with Crippen molar-refractivity contribution in [3.8, 4) is 0 Å². The number of carbonyl (C=O) groups excluding carboxylic acids is 3. The maximum Gasteiger partial charge on any atom is 0.306 e. The number of likely N-dealkylation sites (N-methyl/N-ethyl adjacent to an activating group) is 1. The zero-order chi connectivity index (χ0) is 42.8. The molecule has 2 unspecified atom stereocenters. The van der Waals surface area contributed by atoms with Gasteiger partial charge in [0, 0.05) is 19.3 Å². The van der Waals surface area contributed by atoms with E-state index in [4.69, 9.17) is 14.2 Å². The highest BCUT2D eigenvalue weighted by molar-refractivity contribution is 5.70. The third-order valence-corrected chi connectivity index (χ3v) is 9.83. The van der Waals surface area contributed by atoms with Gasteiger partial charge in [-0.2, -0.15) is 0 Å². The molecule has 0 saturated carbocycles. The Bertz CT molecular complexity index is 1180. The van der Waals surface area contributed by atoms with Gasteiger partial charge < -0.3 is 28.6 Å². The maximum absolute atomic E-state index is 12.7. The quantitative estimate of drug-likeness (QED) is 0.0263. The van der Waals surface area contributed by atoms with Gasteiger partial charge in [-0.15, -0.1) is 0 Å². The Morgan fingerprint density at radius 3 is 1.50 bits per heavy atom. The van der Waals surface area contributed by atoms with Crippen LogP contribution in [0.15, 0.2) is 72.9 Å². The summed E-state index contributed by atoms with van der Waals surface area (Å²) in [6, 6.07) is -0.738. The van der Waals surface area contributed by atoms with E-state index in [2.05, 4.69) is 86.8 Å². The van der Waals surface area contributed by atoms with E-state index in [0.29, 0.717) is 12.8 Å². The van der Waals surface area contributed by atoms with Gasteiger partial charge in [0.05, 0.1) is 40.3 Å². The van der Waals surface area contributed by atoms with Gasteiger partial charge in [0.2, 0.25) is 0 Å². The van der Waals surface area contributed by atoms with E-state index in [9.17, 15) is 19.5 Å². The van der Waals surface area contributed by atoms with Crippen molar-refractivity contribution >= 4 is 17.9 Å². The van der Waals surface area contributed by atoms with Crippen molar-refractivity contribution in [2.24, 2.45) is 0 Å². The number of aliphatic carboxylic acids is 1. The minimum atomic E-state index is -1.14. The number of carbonyl (C=O) groups is 3. The Labute approximate surface area is 355 Å². The molecule has 0 N–H and O–H groups in total. The Hall–Kier alpha value is -3.23. The molecule has 0 fully saturated rings. The number of hydrogen-bond donors (Lipinski definition) is 0. The molecule has 0 saturated heterocycles. The fourth-order valence-corrected chi connectivity index (χ4v) is 6.28. The number of allylic oxidation sites excluding steroid dienone is 12. The lowest BCUT2D eigenvalue weighted by Gasteiger charge is -2.34. The van der Waals surface area contributed by atoms with E-state index in [1.165, 1.54) is 77.0 Å². The van der Waals surface area contributed by atoms with E-state index < -0.39 is 18.1 Å². The SMILES string of the molecule is CC/C=C/C/C=C/C/C=C/C/C=C/C/C=C/CCCC(=O)OCC(COCCC(C(=O)[O-])[N+](C)(C)C)OC(=O)CCCCCCCCC/C=C/CCCCCCCC. The average Bonchev–Trinajstić information content (AvgIpc) is 3.18. The zero-order valence-corrected chi connectivity index (χ0v) is 37.7. The Morgan fingerprint density at radius 2 is 0.983 bits per heavy atom. The molecule has 0 aromatic heterocycles. The Balaban J connectivity index is 4.43. The molecule has 8 heteroatoms. The van der Waals surface area contributed by atoms with Gasteiger partial charge in [-0.25, -0.2) is 0 Å². The number of nitrogens with zero attached hydrogens (tertiary/aromatic N) is 1. The van der Waals surface area contributed by atoms with E-state index >= 15 is 0 Å². The third kappa shape index (κ3) is 38.3. The molecule has 0 amide bonds. The van der Waals surface area contributed by atoms with Gasteiger partial charge in [0.25, 0.3) is 0 Å². The lowest BCUT2D eigenvalue weighted by Crippen LogP contribution is -2.55. The average molecular weight is 812 g/mol. The molecule has 2 atom stereocenters. The predicted octanol–water partition coefficient (Wildman–Crippen LogP) is 11.4. The van der Waals surface area contributed by atoms with Crippen LogP contribution >= 0.6 is 0 Å². The molecule has 332 valence electrons. The molecule has 0 aliphatic carbocycles. The number of ether oxygens (including phenoxy) is 3. The summed E-state index contributed by atoms with van der Waals surface area (Å²) in [5, 5.41) is 11.6. The van der Waals surface area contributed by atoms with Crippen LogP contribution in [0.4, 0.5) is 0 Å². The first-order valence-electron chi connectivity index (χ1n) is 23.0. The van der Waals surface area contributed by atoms with Gasteiger partial charge >= 0.3 is 11.9 Å². The second-order valence-corrected chi connectivity index (χ2v) is 16.3. The Morgan fingerprint density at radius 1 is 0.534 bits per heavy atom. The van der Waals surface area contributed by atoms with Crippen LogP contribution in [0.1, 0.15) is 174 Å². The topological polar surface area (TPSA) is 102 Å². The molecule has 0 bridgehead atoms. The lowest BCUT2D eigenvalue weighted by atomic mass is 10.1. The van der Waals surface area contributed by atoms with Crippen molar-refractivity contribution in [2.45, 2.75) is 187 Å². The Kier molecular flexibility index (Phi) is 38.3. The van der Waals surface area contributed by atoms with E-state index in [-0.39, 0.29) is 49.1 Å². The normalized spacial score (nSPS) is 13.6. The van der Waals surface area contributed by atoms with Crippen LogP contribution in [-0.4, -0.2) is 75.5 Å². The highest BCUT2D eigenvalue weighted by Gasteiger charge is 2.25. The lowest BCUT2D eigenvalue weighted by molar-refractivity contribution is -0.889. The fourth-order valence-electron chi connectivity index (χ4n) is 6.28. The summed E-state index contributed by atoms with van der Waals surface area (Å²) in [6.45, 7) is 4.47. The molecule has 0 aliphatic rings.